The van der Waals surface area contributed by atoms with Crippen molar-refractivity contribution in [1.29, 1.82) is 0 Å². The molecule has 104 valence electrons. The molecule has 1 amide bonds. The summed E-state index contributed by atoms with van der Waals surface area (Å²) in [4.78, 5) is 13.6. The summed E-state index contributed by atoms with van der Waals surface area (Å²) in [5, 5.41) is 18.7. The molecular weight excluding hydrogens is 244 g/mol. The average Bonchev–Trinajstić information content (AvgIpc) is 2.69. The van der Waals surface area contributed by atoms with E-state index in [1.165, 1.54) is 4.90 Å². The van der Waals surface area contributed by atoms with E-state index in [0.29, 0.717) is 6.42 Å². The van der Waals surface area contributed by atoms with E-state index in [9.17, 15) is 18.7 Å². The second-order valence-corrected chi connectivity index (χ2v) is 5.35. The lowest BCUT2D eigenvalue weighted by molar-refractivity contribution is -0.141. The van der Waals surface area contributed by atoms with E-state index >= 15 is 0 Å². The van der Waals surface area contributed by atoms with Crippen LogP contribution in [0, 0.1) is 5.92 Å². The highest BCUT2D eigenvalue weighted by atomic mass is 19.3. The van der Waals surface area contributed by atoms with Crippen molar-refractivity contribution in [3.63, 3.8) is 0 Å². The van der Waals surface area contributed by atoms with Crippen molar-refractivity contribution in [2.75, 3.05) is 13.2 Å². The minimum atomic E-state index is -2.64. The highest BCUT2D eigenvalue weighted by Gasteiger charge is 2.41. The van der Waals surface area contributed by atoms with Crippen LogP contribution in [0.1, 0.15) is 32.1 Å². The number of rotatable bonds is 2. The second kappa shape index (κ2) is 5.09. The van der Waals surface area contributed by atoms with E-state index in [1.807, 2.05) is 0 Å². The van der Waals surface area contributed by atoms with Crippen LogP contribution in [0.4, 0.5) is 8.78 Å². The Bertz CT molecular complexity index is 314. The fourth-order valence-electron chi connectivity index (χ4n) is 2.86. The molecule has 0 bridgehead atoms. The number of alkyl halides is 2. The maximum Gasteiger partial charge on any atom is 0.248 e. The Morgan fingerprint density at radius 1 is 1.33 bits per heavy atom. The molecule has 18 heavy (non-hydrogen) atoms. The van der Waals surface area contributed by atoms with Crippen LogP contribution in [-0.2, 0) is 4.79 Å². The molecule has 0 spiro atoms. The summed E-state index contributed by atoms with van der Waals surface area (Å²) in [5.41, 5.74) is 0. The number of hydrogen-bond acceptors (Lipinski definition) is 3. The van der Waals surface area contributed by atoms with Gasteiger partial charge in [-0.3, -0.25) is 4.79 Å². The fraction of sp³-hybridized carbons (Fsp3) is 0.917. The largest absolute Gasteiger partial charge is 0.394 e. The van der Waals surface area contributed by atoms with Gasteiger partial charge >= 0.3 is 0 Å². The maximum atomic E-state index is 13.0. The zero-order valence-electron chi connectivity index (χ0n) is 10.2. The maximum absolute atomic E-state index is 13.0. The van der Waals surface area contributed by atoms with Crippen molar-refractivity contribution in [1.82, 2.24) is 4.90 Å². The summed E-state index contributed by atoms with van der Waals surface area (Å²) >= 11 is 0. The highest BCUT2D eigenvalue weighted by Crippen LogP contribution is 2.37. The third kappa shape index (κ3) is 2.80. The molecule has 0 radical (unpaired) electrons. The normalized spacial score (nSPS) is 32.8. The molecule has 2 aliphatic rings. The molecule has 2 N–H and O–H groups in total. The van der Waals surface area contributed by atoms with E-state index in [1.54, 1.807) is 0 Å². The van der Waals surface area contributed by atoms with Gasteiger partial charge in [-0.15, -0.1) is 0 Å². The summed E-state index contributed by atoms with van der Waals surface area (Å²) in [7, 11) is 0. The fourth-order valence-corrected chi connectivity index (χ4v) is 2.86. The Hall–Kier alpha value is -0.750. The lowest BCUT2D eigenvalue weighted by Gasteiger charge is -2.32. The molecule has 2 fully saturated rings. The van der Waals surface area contributed by atoms with Crippen LogP contribution in [0.3, 0.4) is 0 Å². The standard InChI is InChI=1S/C12H19F2NO3/c13-12(14)3-1-8(2-4-12)11(18)15-6-10(17)5-9(15)7-16/h8-10,16-17H,1-7H2/t9-,10+/m0/s1. The predicted molar refractivity (Wildman–Crippen MR) is 60.1 cm³/mol. The van der Waals surface area contributed by atoms with Gasteiger partial charge in [0.2, 0.25) is 11.8 Å². The van der Waals surface area contributed by atoms with E-state index in [-0.39, 0.29) is 56.7 Å². The number of halogens is 2. The smallest absolute Gasteiger partial charge is 0.248 e. The van der Waals surface area contributed by atoms with Crippen molar-refractivity contribution in [2.24, 2.45) is 5.92 Å². The van der Waals surface area contributed by atoms with Gasteiger partial charge in [-0.25, -0.2) is 8.78 Å². The van der Waals surface area contributed by atoms with Gasteiger partial charge in [-0.1, -0.05) is 0 Å². The molecule has 1 aliphatic heterocycles. The first-order valence-corrected chi connectivity index (χ1v) is 6.40. The van der Waals surface area contributed by atoms with E-state index in [0.717, 1.165) is 0 Å². The number of nitrogens with zero attached hydrogens (tertiary/aromatic N) is 1. The number of aliphatic hydroxyl groups is 2. The van der Waals surface area contributed by atoms with Crippen molar-refractivity contribution >= 4 is 5.91 Å². The van der Waals surface area contributed by atoms with Gasteiger partial charge in [-0.05, 0) is 19.3 Å². The van der Waals surface area contributed by atoms with E-state index < -0.39 is 12.0 Å². The lowest BCUT2D eigenvalue weighted by Crippen LogP contribution is -2.43. The molecule has 1 aliphatic carbocycles. The third-order valence-electron chi connectivity index (χ3n) is 3.95. The minimum absolute atomic E-state index is 0.189. The van der Waals surface area contributed by atoms with Crippen molar-refractivity contribution in [2.45, 2.75) is 50.2 Å². The number of likely N-dealkylation sites (tertiary alicyclic amines) is 1. The summed E-state index contributed by atoms with van der Waals surface area (Å²) in [6.45, 7) is 0.0165. The van der Waals surface area contributed by atoms with Crippen molar-refractivity contribution in [3.05, 3.63) is 0 Å². The summed E-state index contributed by atoms with van der Waals surface area (Å²) in [6, 6.07) is -0.366. The average molecular weight is 263 g/mol. The van der Waals surface area contributed by atoms with Gasteiger partial charge in [0.05, 0.1) is 18.8 Å². The van der Waals surface area contributed by atoms with Gasteiger partial charge in [0.15, 0.2) is 0 Å². The van der Waals surface area contributed by atoms with Gasteiger partial charge in [0.25, 0.3) is 0 Å². The molecule has 0 aromatic heterocycles. The SMILES string of the molecule is O=C(C1CCC(F)(F)CC1)N1C[C@H](O)C[C@H]1CO. The van der Waals surface area contributed by atoms with Gasteiger partial charge in [0.1, 0.15) is 0 Å². The summed E-state index contributed by atoms with van der Waals surface area (Å²) in [5.74, 6) is -3.22. The molecule has 1 saturated heterocycles. The van der Waals surface area contributed by atoms with Gasteiger partial charge in [0, 0.05) is 25.3 Å². The summed E-state index contributed by atoms with van der Waals surface area (Å²) < 4.78 is 26.0. The molecule has 1 saturated carbocycles. The molecule has 4 nitrogen and oxygen atoms in total. The van der Waals surface area contributed by atoms with Crippen LogP contribution in [0.2, 0.25) is 0 Å². The third-order valence-corrected chi connectivity index (χ3v) is 3.95. The topological polar surface area (TPSA) is 60.8 Å². The highest BCUT2D eigenvalue weighted by molar-refractivity contribution is 5.79. The monoisotopic (exact) mass is 263 g/mol. The lowest BCUT2D eigenvalue weighted by atomic mass is 9.86. The number of hydrogen-bond donors (Lipinski definition) is 2. The molecule has 0 aromatic carbocycles. The van der Waals surface area contributed by atoms with E-state index in [4.69, 9.17) is 5.11 Å². The van der Waals surface area contributed by atoms with Crippen molar-refractivity contribution < 1.29 is 23.8 Å². The van der Waals surface area contributed by atoms with Gasteiger partial charge in [-0.2, -0.15) is 0 Å². The van der Waals surface area contributed by atoms with E-state index in [2.05, 4.69) is 0 Å². The van der Waals surface area contributed by atoms with Crippen LogP contribution >= 0.6 is 0 Å². The molecule has 1 heterocycles. The Kier molecular flexibility index (Phi) is 3.87. The summed E-state index contributed by atoms with van der Waals surface area (Å²) in [6.07, 6.45) is -0.359. The molecule has 2 atom stereocenters. The quantitative estimate of drug-likeness (QED) is 0.773. The molecular formula is C12H19F2NO3. The number of amides is 1. The minimum Gasteiger partial charge on any atom is -0.394 e. The molecule has 2 rings (SSSR count). The second-order valence-electron chi connectivity index (χ2n) is 5.35. The first-order chi connectivity index (χ1) is 8.43. The van der Waals surface area contributed by atoms with Crippen LogP contribution in [0.25, 0.3) is 0 Å². The van der Waals surface area contributed by atoms with Gasteiger partial charge < -0.3 is 15.1 Å². The number of aliphatic hydroxyl groups excluding tert-OH is 2. The Balaban J connectivity index is 1.95. The number of carbonyl (C=O) groups excluding carboxylic acids is 1. The molecule has 0 aromatic rings. The van der Waals surface area contributed by atoms with Crippen LogP contribution in [0.15, 0.2) is 0 Å². The Morgan fingerprint density at radius 2 is 1.94 bits per heavy atom. The van der Waals surface area contributed by atoms with Crippen LogP contribution in [0.5, 0.6) is 0 Å². The number of carbonyl (C=O) groups is 1. The first-order valence-electron chi connectivity index (χ1n) is 6.40. The van der Waals surface area contributed by atoms with Crippen LogP contribution in [-0.4, -0.2) is 52.2 Å². The zero-order valence-corrected chi connectivity index (χ0v) is 10.2. The Labute approximate surface area is 105 Å². The van der Waals surface area contributed by atoms with Crippen LogP contribution < -0.4 is 0 Å². The Morgan fingerprint density at radius 3 is 2.50 bits per heavy atom. The predicted octanol–water partition coefficient (Wildman–Crippen LogP) is 0.766. The zero-order chi connectivity index (χ0) is 13.3. The molecule has 6 heteroatoms. The van der Waals surface area contributed by atoms with Crippen molar-refractivity contribution in [3.8, 4) is 0 Å². The first kappa shape index (κ1) is 13.7. The number of β-amino-alcohol motifs (C(OH)–C–C–N with tert-alkyl or cyclic N) is 1. The molecule has 0 unspecified atom stereocenters.